The molecule has 0 unspecified atom stereocenters. The molecule has 4 rings (SSSR count). The normalized spacial score (nSPS) is 10.8. The maximum Gasteiger partial charge on any atom is 0.286 e. The Morgan fingerprint density at radius 1 is 0.760 bits per heavy atom. The Hall–Kier alpha value is -1.71. The Bertz CT molecular complexity index is 941. The van der Waals surface area contributed by atoms with Crippen LogP contribution >= 0.6 is 7.92 Å². The highest BCUT2D eigenvalue weighted by atomic mass is 127. The van der Waals surface area contributed by atoms with Crippen LogP contribution < -0.4 is 44.4 Å². The van der Waals surface area contributed by atoms with Gasteiger partial charge < -0.3 is 24.0 Å². The first-order chi connectivity index (χ1) is 11.8. The summed E-state index contributed by atoms with van der Waals surface area (Å²) < 4.78 is 4.64. The maximum absolute atomic E-state index is 2.35. The third-order valence-corrected chi connectivity index (χ3v) is 7.07. The number of imidazole rings is 1. The molecule has 126 valence electrons. The molecule has 0 fully saturated rings. The number of aromatic nitrogens is 2. The number of benzene rings is 2. The lowest BCUT2D eigenvalue weighted by Gasteiger charge is -2.16. The van der Waals surface area contributed by atoms with E-state index in [-0.39, 0.29) is 24.0 Å². The monoisotopic (exact) mass is 458 g/mol. The van der Waals surface area contributed by atoms with Crippen LogP contribution in [0.15, 0.2) is 85.1 Å². The summed E-state index contributed by atoms with van der Waals surface area (Å²) in [6, 6.07) is 28.1. The number of nitrogens with zero attached hydrogens (tertiary/aromatic N) is 2. The van der Waals surface area contributed by atoms with E-state index in [4.69, 9.17) is 0 Å². The Morgan fingerprint density at radius 2 is 1.28 bits per heavy atom. The molecule has 0 bridgehead atoms. The van der Waals surface area contributed by atoms with Gasteiger partial charge in [0, 0.05) is 20.9 Å². The van der Waals surface area contributed by atoms with Crippen molar-refractivity contribution < 1.29 is 28.4 Å². The number of rotatable bonds is 3. The lowest BCUT2D eigenvalue weighted by Crippen LogP contribution is -3.00. The number of pyridine rings is 1. The summed E-state index contributed by atoms with van der Waals surface area (Å²) in [5, 5.41) is 2.76. The average molecular weight is 458 g/mol. The molecular weight excluding hydrogens is 438 g/mol. The molecule has 0 aliphatic rings. The third-order valence-electron chi connectivity index (χ3n) is 4.48. The van der Waals surface area contributed by atoms with Gasteiger partial charge in [-0.3, -0.25) is 0 Å². The zero-order chi connectivity index (χ0) is 16.5. The van der Waals surface area contributed by atoms with Gasteiger partial charge >= 0.3 is 0 Å². The fourth-order valence-electron chi connectivity index (χ4n) is 3.20. The molecule has 2 nitrogen and oxygen atoms in total. The molecule has 4 aromatic rings. The molecule has 0 saturated heterocycles. The first-order valence-electron chi connectivity index (χ1n) is 8.13. The minimum Gasteiger partial charge on any atom is -1.00 e. The predicted octanol–water partition coefficient (Wildman–Crippen LogP) is -0.166. The highest BCUT2D eigenvalue weighted by Crippen LogP contribution is 2.32. The largest absolute Gasteiger partial charge is 1.00 e. The molecule has 2 aromatic carbocycles. The fourth-order valence-corrected chi connectivity index (χ4v) is 5.79. The second-order valence-electron chi connectivity index (χ2n) is 5.90. The maximum atomic E-state index is 2.35. The van der Waals surface area contributed by atoms with E-state index in [0.717, 1.165) is 0 Å². The average Bonchev–Trinajstić information content (AvgIpc) is 2.90. The lowest BCUT2D eigenvalue weighted by molar-refractivity contribution is -0.490. The number of aryl methyl sites for hydroxylation is 1. The number of halogens is 1. The molecule has 0 saturated carbocycles. The number of hydrogen-bond acceptors (Lipinski definition) is 0. The quantitative estimate of drug-likeness (QED) is 0.229. The molecule has 0 atom stereocenters. The summed E-state index contributed by atoms with van der Waals surface area (Å²) in [5.41, 5.74) is 3.94. The van der Waals surface area contributed by atoms with Gasteiger partial charge in [-0.1, -0.05) is 66.7 Å². The molecule has 4 heteroatoms. The minimum absolute atomic E-state index is 0. The number of hydrogen-bond donors (Lipinski definition) is 0. The summed E-state index contributed by atoms with van der Waals surface area (Å²) in [6.07, 6.45) is 2.18. The van der Waals surface area contributed by atoms with Crippen molar-refractivity contribution in [1.29, 1.82) is 0 Å². The Kier molecular flexibility index (Phi) is 5.55. The molecular formula is C21H20IN2P. The Morgan fingerprint density at radius 3 is 1.84 bits per heavy atom. The Labute approximate surface area is 166 Å². The molecule has 2 heterocycles. The first-order valence-corrected chi connectivity index (χ1v) is 9.47. The lowest BCUT2D eigenvalue weighted by atomic mass is 10.4. The van der Waals surface area contributed by atoms with Gasteiger partial charge in [0.1, 0.15) is 5.69 Å². The third kappa shape index (κ3) is 3.23. The topological polar surface area (TPSA) is 9.03 Å². The van der Waals surface area contributed by atoms with Crippen molar-refractivity contribution in [1.82, 2.24) is 4.57 Å². The van der Waals surface area contributed by atoms with E-state index in [1.165, 1.54) is 27.4 Å². The van der Waals surface area contributed by atoms with E-state index >= 15 is 0 Å². The van der Waals surface area contributed by atoms with Gasteiger partial charge in [-0.15, -0.1) is 0 Å². The van der Waals surface area contributed by atoms with Crippen molar-refractivity contribution in [3.63, 3.8) is 0 Å². The van der Waals surface area contributed by atoms with E-state index < -0.39 is 7.92 Å². The van der Waals surface area contributed by atoms with E-state index in [0.29, 0.717) is 0 Å². The van der Waals surface area contributed by atoms with E-state index in [2.05, 4.69) is 108 Å². The molecule has 0 aliphatic heterocycles. The molecule has 0 radical (unpaired) electrons. The van der Waals surface area contributed by atoms with Crippen molar-refractivity contribution >= 4 is 29.6 Å². The van der Waals surface area contributed by atoms with E-state index in [9.17, 15) is 0 Å². The molecule has 0 aliphatic carbocycles. The zero-order valence-electron chi connectivity index (χ0n) is 14.3. The van der Waals surface area contributed by atoms with Gasteiger partial charge in [-0.25, -0.2) is 4.57 Å². The summed E-state index contributed by atoms with van der Waals surface area (Å²) >= 11 is 0. The van der Waals surface area contributed by atoms with Crippen LogP contribution in [0.1, 0.15) is 5.69 Å². The summed E-state index contributed by atoms with van der Waals surface area (Å²) in [6.45, 7) is 2.23. The highest BCUT2D eigenvalue weighted by molar-refractivity contribution is 7.79. The smallest absolute Gasteiger partial charge is 0.286 e. The van der Waals surface area contributed by atoms with Crippen molar-refractivity contribution in [2.45, 2.75) is 6.92 Å². The number of fused-ring (bicyclic) bond motifs is 1. The predicted molar refractivity (Wildman–Crippen MR) is 102 cm³/mol. The summed E-state index contributed by atoms with van der Waals surface area (Å²) in [7, 11) is 1.55. The van der Waals surface area contributed by atoms with Crippen molar-refractivity contribution in [2.24, 2.45) is 7.05 Å². The van der Waals surface area contributed by atoms with Crippen LogP contribution in [0.25, 0.3) is 5.65 Å². The SMILES string of the molecule is Cc1c(P(c2ccccc2)c2ccccc2)[n+]2ccccc2n1C.[I-]. The zero-order valence-corrected chi connectivity index (χ0v) is 17.4. The van der Waals surface area contributed by atoms with Gasteiger partial charge in [0.15, 0.2) is 5.44 Å². The molecule has 0 spiro atoms. The van der Waals surface area contributed by atoms with Crippen LogP contribution in [-0.4, -0.2) is 4.57 Å². The van der Waals surface area contributed by atoms with Crippen LogP contribution in [-0.2, 0) is 7.05 Å². The standard InChI is InChI=1S/C21H20N2P.HI/c1-17-21(23-16-10-9-15-20(23)22(17)2)24(18-11-5-3-6-12-18)19-13-7-4-8-14-19;/h3-16H,1-2H3;1H/q+1;/p-1. The van der Waals surface area contributed by atoms with Gasteiger partial charge in [0.2, 0.25) is 0 Å². The van der Waals surface area contributed by atoms with Crippen molar-refractivity contribution in [2.75, 3.05) is 0 Å². The summed E-state index contributed by atoms with van der Waals surface area (Å²) in [4.78, 5) is 0. The molecule has 0 amide bonds. The molecule has 25 heavy (non-hydrogen) atoms. The highest BCUT2D eigenvalue weighted by Gasteiger charge is 2.29. The minimum atomic E-state index is -0.604. The molecule has 2 aromatic heterocycles. The fraction of sp³-hybridized carbons (Fsp3) is 0.0952. The second-order valence-corrected chi connectivity index (χ2v) is 8.03. The summed E-state index contributed by atoms with van der Waals surface area (Å²) in [5.74, 6) is 0. The van der Waals surface area contributed by atoms with Crippen LogP contribution in [0.3, 0.4) is 0 Å². The van der Waals surface area contributed by atoms with Crippen LogP contribution in [0.4, 0.5) is 0 Å². The molecule has 0 N–H and O–H groups in total. The first kappa shape index (κ1) is 18.1. The van der Waals surface area contributed by atoms with Crippen LogP contribution in [0.5, 0.6) is 0 Å². The van der Waals surface area contributed by atoms with Gasteiger partial charge in [-0.05, 0) is 16.7 Å². The van der Waals surface area contributed by atoms with Crippen LogP contribution in [0, 0.1) is 6.92 Å². The van der Waals surface area contributed by atoms with E-state index in [1.807, 2.05) is 0 Å². The van der Waals surface area contributed by atoms with Crippen LogP contribution in [0.2, 0.25) is 0 Å². The van der Waals surface area contributed by atoms with Crippen molar-refractivity contribution in [3.05, 3.63) is 90.8 Å². The van der Waals surface area contributed by atoms with Gasteiger partial charge in [0.05, 0.1) is 13.2 Å². The van der Waals surface area contributed by atoms with E-state index in [1.54, 1.807) is 0 Å². The van der Waals surface area contributed by atoms with Crippen molar-refractivity contribution in [3.8, 4) is 0 Å². The Balaban J connectivity index is 0.00000182. The van der Waals surface area contributed by atoms with Gasteiger partial charge in [-0.2, -0.15) is 4.40 Å². The van der Waals surface area contributed by atoms with Gasteiger partial charge in [0.25, 0.3) is 5.65 Å². The second kappa shape index (κ2) is 7.67.